The van der Waals surface area contributed by atoms with Crippen LogP contribution in [0.15, 0.2) is 66.9 Å². The van der Waals surface area contributed by atoms with Gasteiger partial charge in [0.25, 0.3) is 0 Å². The van der Waals surface area contributed by atoms with E-state index in [1.54, 1.807) is 11.6 Å². The van der Waals surface area contributed by atoms with Gasteiger partial charge in [-0.05, 0) is 56.0 Å². The predicted octanol–water partition coefficient (Wildman–Crippen LogP) is 4.63. The van der Waals surface area contributed by atoms with E-state index in [4.69, 9.17) is 15.5 Å². The van der Waals surface area contributed by atoms with Gasteiger partial charge in [-0.3, -0.25) is 0 Å². The Kier molecular flexibility index (Phi) is 4.71. The van der Waals surface area contributed by atoms with Gasteiger partial charge in [-0.15, -0.1) is 0 Å². The fourth-order valence-electron chi connectivity index (χ4n) is 5.34. The first-order valence-electron chi connectivity index (χ1n) is 11.7. The molecule has 3 heterocycles. The maximum Gasteiger partial charge on any atom is 0.165 e. The molecule has 0 bridgehead atoms. The van der Waals surface area contributed by atoms with Crippen molar-refractivity contribution in [1.29, 1.82) is 0 Å². The molecule has 0 spiro atoms. The molecule has 35 heavy (non-hydrogen) atoms. The van der Waals surface area contributed by atoms with E-state index in [1.807, 2.05) is 50.4 Å². The topological polar surface area (TPSA) is 98.6 Å². The maximum absolute atomic E-state index is 10.2. The summed E-state index contributed by atoms with van der Waals surface area (Å²) in [5.41, 5.74) is 12.7. The third-order valence-electron chi connectivity index (χ3n) is 6.91. The number of aryl methyl sites for hydroxylation is 1. The zero-order valence-corrected chi connectivity index (χ0v) is 20.0. The molecule has 2 aromatic carbocycles. The van der Waals surface area contributed by atoms with E-state index in [-0.39, 0.29) is 0 Å². The molecule has 1 aliphatic rings. The molecule has 7 heteroatoms. The Morgan fingerprint density at radius 2 is 1.69 bits per heavy atom. The number of aliphatic hydroxyl groups is 1. The van der Waals surface area contributed by atoms with Crippen LogP contribution in [0, 0.1) is 6.92 Å². The van der Waals surface area contributed by atoms with Crippen molar-refractivity contribution in [2.75, 3.05) is 7.11 Å². The first-order valence-corrected chi connectivity index (χ1v) is 11.7. The van der Waals surface area contributed by atoms with Gasteiger partial charge in [0.15, 0.2) is 11.3 Å². The number of rotatable bonds is 4. The van der Waals surface area contributed by atoms with Gasteiger partial charge in [-0.25, -0.2) is 9.97 Å². The summed E-state index contributed by atoms with van der Waals surface area (Å²) >= 11 is 0. The Hall–Kier alpha value is -3.81. The lowest BCUT2D eigenvalue weighted by molar-refractivity contribution is -0.0738. The lowest BCUT2D eigenvalue weighted by Gasteiger charge is -2.49. The Labute approximate surface area is 203 Å². The minimum Gasteiger partial charge on any atom is -0.497 e. The number of aromatic nitrogens is 4. The van der Waals surface area contributed by atoms with Crippen LogP contribution in [0.4, 0.5) is 0 Å². The smallest absolute Gasteiger partial charge is 0.165 e. The van der Waals surface area contributed by atoms with Crippen molar-refractivity contribution >= 4 is 16.7 Å². The van der Waals surface area contributed by atoms with Crippen molar-refractivity contribution in [1.82, 2.24) is 19.6 Å². The van der Waals surface area contributed by atoms with Crippen LogP contribution in [0.2, 0.25) is 0 Å². The first kappa shape index (κ1) is 21.7. The SMILES string of the molecule is COc1ccc(-c2cc3cnc4cc(C)nn4c3nc2-c2ccc(C3(N)CC(C)(O)C3)cc2)cc1. The van der Waals surface area contributed by atoms with E-state index in [1.165, 1.54) is 0 Å². The summed E-state index contributed by atoms with van der Waals surface area (Å²) in [6.07, 6.45) is 2.95. The fraction of sp³-hybridized carbons (Fsp3) is 0.250. The highest BCUT2D eigenvalue weighted by Gasteiger charge is 2.49. The maximum atomic E-state index is 10.2. The quantitative estimate of drug-likeness (QED) is 0.402. The Balaban J connectivity index is 1.52. The monoisotopic (exact) mass is 465 g/mol. The zero-order chi connectivity index (χ0) is 24.4. The van der Waals surface area contributed by atoms with Crippen LogP contribution in [-0.2, 0) is 5.54 Å². The average Bonchev–Trinajstić information content (AvgIpc) is 3.23. The van der Waals surface area contributed by atoms with Gasteiger partial charge >= 0.3 is 0 Å². The molecule has 0 amide bonds. The highest BCUT2D eigenvalue weighted by molar-refractivity contribution is 5.90. The number of hydrogen-bond donors (Lipinski definition) is 2. The summed E-state index contributed by atoms with van der Waals surface area (Å²) in [6.45, 7) is 3.78. The highest BCUT2D eigenvalue weighted by atomic mass is 16.5. The number of nitrogens with two attached hydrogens (primary N) is 1. The first-order chi connectivity index (χ1) is 16.7. The number of nitrogens with zero attached hydrogens (tertiary/aromatic N) is 4. The normalized spacial score (nSPS) is 21.9. The summed E-state index contributed by atoms with van der Waals surface area (Å²) in [7, 11) is 1.66. The molecule has 6 rings (SSSR count). The summed E-state index contributed by atoms with van der Waals surface area (Å²) in [5.74, 6) is 0.799. The molecular formula is C28H27N5O2. The van der Waals surface area contributed by atoms with Crippen molar-refractivity contribution < 1.29 is 9.84 Å². The molecule has 3 N–H and O–H groups in total. The second-order valence-corrected chi connectivity index (χ2v) is 9.92. The van der Waals surface area contributed by atoms with E-state index in [0.29, 0.717) is 12.8 Å². The number of fused-ring (bicyclic) bond motifs is 3. The summed E-state index contributed by atoms with van der Waals surface area (Å²) in [6, 6.07) is 20.3. The zero-order valence-electron chi connectivity index (χ0n) is 20.0. The van der Waals surface area contributed by atoms with E-state index in [9.17, 15) is 5.11 Å². The lowest BCUT2D eigenvalue weighted by Crippen LogP contribution is -2.58. The number of pyridine rings is 1. The predicted molar refractivity (Wildman–Crippen MR) is 136 cm³/mol. The molecule has 1 saturated carbocycles. The number of ether oxygens (including phenoxy) is 1. The molecule has 3 aromatic heterocycles. The summed E-state index contributed by atoms with van der Waals surface area (Å²) < 4.78 is 7.15. The fourth-order valence-corrected chi connectivity index (χ4v) is 5.34. The van der Waals surface area contributed by atoms with Gasteiger partial charge in [0.05, 0.1) is 24.1 Å². The number of benzene rings is 2. The van der Waals surface area contributed by atoms with Crippen LogP contribution in [0.5, 0.6) is 5.75 Å². The van der Waals surface area contributed by atoms with Crippen LogP contribution in [0.1, 0.15) is 31.0 Å². The third kappa shape index (κ3) is 3.64. The van der Waals surface area contributed by atoms with Crippen LogP contribution in [0.3, 0.4) is 0 Å². The standard InChI is InChI=1S/C28H27N5O2/c1-17-12-24-30-14-20-13-23(18-6-10-22(35-3)11-7-18)25(31-26(20)33(24)32-17)19-4-8-21(9-5-19)28(29)15-27(2,34)16-28/h4-14,34H,15-16,29H2,1-3H3. The second kappa shape index (κ2) is 7.60. The van der Waals surface area contributed by atoms with Crippen LogP contribution in [0.25, 0.3) is 39.1 Å². The minimum atomic E-state index is -0.698. The van der Waals surface area contributed by atoms with Crippen molar-refractivity contribution in [3.05, 3.63) is 78.1 Å². The van der Waals surface area contributed by atoms with Gasteiger partial charge in [-0.2, -0.15) is 9.61 Å². The highest BCUT2D eigenvalue weighted by Crippen LogP contribution is 2.46. The Morgan fingerprint density at radius 3 is 2.34 bits per heavy atom. The molecule has 176 valence electrons. The largest absolute Gasteiger partial charge is 0.497 e. The van der Waals surface area contributed by atoms with Crippen LogP contribution >= 0.6 is 0 Å². The van der Waals surface area contributed by atoms with Crippen molar-refractivity contribution in [2.45, 2.75) is 37.8 Å². The molecular weight excluding hydrogens is 438 g/mol. The van der Waals surface area contributed by atoms with Crippen molar-refractivity contribution in [3.8, 4) is 28.1 Å². The van der Waals surface area contributed by atoms with E-state index in [0.717, 1.165) is 56.1 Å². The molecule has 1 fully saturated rings. The molecule has 0 radical (unpaired) electrons. The Bertz CT molecular complexity index is 1560. The molecule has 0 atom stereocenters. The molecule has 0 saturated heterocycles. The van der Waals surface area contributed by atoms with Gasteiger partial charge in [0.1, 0.15) is 5.75 Å². The Morgan fingerprint density at radius 1 is 1.00 bits per heavy atom. The van der Waals surface area contributed by atoms with E-state index in [2.05, 4.69) is 40.4 Å². The van der Waals surface area contributed by atoms with Gasteiger partial charge in [0, 0.05) is 34.3 Å². The van der Waals surface area contributed by atoms with Gasteiger partial charge in [-0.1, -0.05) is 36.4 Å². The molecule has 5 aromatic rings. The molecule has 0 unspecified atom stereocenters. The van der Waals surface area contributed by atoms with Gasteiger partial charge < -0.3 is 15.6 Å². The minimum absolute atomic E-state index is 0.498. The average molecular weight is 466 g/mol. The summed E-state index contributed by atoms with van der Waals surface area (Å²) in [4.78, 5) is 9.68. The van der Waals surface area contributed by atoms with E-state index >= 15 is 0 Å². The van der Waals surface area contributed by atoms with Crippen molar-refractivity contribution in [2.24, 2.45) is 5.73 Å². The lowest BCUT2D eigenvalue weighted by atomic mass is 9.63. The molecule has 0 aliphatic heterocycles. The van der Waals surface area contributed by atoms with Crippen LogP contribution < -0.4 is 10.5 Å². The number of hydrogen-bond acceptors (Lipinski definition) is 6. The second-order valence-electron chi connectivity index (χ2n) is 9.92. The number of methoxy groups -OCH3 is 1. The van der Waals surface area contributed by atoms with E-state index < -0.39 is 11.1 Å². The summed E-state index contributed by atoms with van der Waals surface area (Å²) in [5, 5.41) is 15.7. The third-order valence-corrected chi connectivity index (χ3v) is 6.91. The van der Waals surface area contributed by atoms with Crippen LogP contribution in [-0.4, -0.2) is 37.4 Å². The molecule has 1 aliphatic carbocycles. The van der Waals surface area contributed by atoms with Crippen molar-refractivity contribution in [3.63, 3.8) is 0 Å². The van der Waals surface area contributed by atoms with Gasteiger partial charge in [0.2, 0.25) is 0 Å². The molecule has 7 nitrogen and oxygen atoms in total.